The summed E-state index contributed by atoms with van der Waals surface area (Å²) in [5, 5.41) is 10.9. The molecule has 0 bridgehead atoms. The van der Waals surface area contributed by atoms with E-state index in [0.717, 1.165) is 43.6 Å². The van der Waals surface area contributed by atoms with Crippen LogP contribution in [0.25, 0.3) is 0 Å². The number of hydrogen-bond acceptors (Lipinski definition) is 4. The Morgan fingerprint density at radius 3 is 2.19 bits per heavy atom. The van der Waals surface area contributed by atoms with Crippen LogP contribution in [0.5, 0.6) is 5.75 Å². The number of ether oxygens (including phenoxy) is 1. The largest absolute Gasteiger partial charge is 0.507 e. The van der Waals surface area contributed by atoms with Crippen molar-refractivity contribution in [3.63, 3.8) is 0 Å². The normalized spacial score (nSPS) is 19.1. The van der Waals surface area contributed by atoms with E-state index in [1.165, 1.54) is 5.56 Å². The van der Waals surface area contributed by atoms with Crippen LogP contribution in [-0.2, 0) is 26.9 Å². The maximum absolute atomic E-state index is 12.1. The zero-order valence-corrected chi connectivity index (χ0v) is 18.2. The van der Waals surface area contributed by atoms with E-state index in [1.807, 2.05) is 6.92 Å². The minimum absolute atomic E-state index is 0.0278. The SMILES string of the molecule is CCOC(=O)[C@@H]1CCCN(Cc2cc(C(C)(C)C)c(O)c(C(C)(C)C)c2)C1. The van der Waals surface area contributed by atoms with Crippen LogP contribution in [-0.4, -0.2) is 35.7 Å². The van der Waals surface area contributed by atoms with Crippen molar-refractivity contribution in [2.24, 2.45) is 5.92 Å². The number of rotatable bonds is 4. The number of hydrogen-bond donors (Lipinski definition) is 1. The Morgan fingerprint density at radius 1 is 1.15 bits per heavy atom. The molecule has 0 unspecified atom stereocenters. The van der Waals surface area contributed by atoms with Gasteiger partial charge in [-0.2, -0.15) is 0 Å². The third-order valence-corrected chi connectivity index (χ3v) is 5.32. The highest BCUT2D eigenvalue weighted by Crippen LogP contribution is 2.40. The zero-order valence-electron chi connectivity index (χ0n) is 18.2. The Labute approximate surface area is 164 Å². The van der Waals surface area contributed by atoms with Gasteiger partial charge in [0.15, 0.2) is 0 Å². The van der Waals surface area contributed by atoms with Gasteiger partial charge in [-0.1, -0.05) is 53.7 Å². The molecule has 1 N–H and O–H groups in total. The molecule has 1 aliphatic rings. The molecule has 1 aliphatic heterocycles. The van der Waals surface area contributed by atoms with E-state index < -0.39 is 0 Å². The van der Waals surface area contributed by atoms with Crippen molar-refractivity contribution in [3.8, 4) is 5.75 Å². The smallest absolute Gasteiger partial charge is 0.310 e. The van der Waals surface area contributed by atoms with Crippen molar-refractivity contribution >= 4 is 5.97 Å². The minimum Gasteiger partial charge on any atom is -0.507 e. The summed E-state index contributed by atoms with van der Waals surface area (Å²) >= 11 is 0. The van der Waals surface area contributed by atoms with Gasteiger partial charge in [-0.15, -0.1) is 0 Å². The number of nitrogens with zero attached hydrogens (tertiary/aromatic N) is 1. The molecule has 1 aromatic carbocycles. The molecule has 27 heavy (non-hydrogen) atoms. The molecule has 4 heteroatoms. The average Bonchev–Trinajstić information content (AvgIpc) is 2.54. The highest BCUT2D eigenvalue weighted by atomic mass is 16.5. The lowest BCUT2D eigenvalue weighted by Gasteiger charge is -2.33. The van der Waals surface area contributed by atoms with Gasteiger partial charge in [0.25, 0.3) is 0 Å². The van der Waals surface area contributed by atoms with Crippen molar-refractivity contribution in [1.29, 1.82) is 0 Å². The van der Waals surface area contributed by atoms with Crippen molar-refractivity contribution in [2.75, 3.05) is 19.7 Å². The summed E-state index contributed by atoms with van der Waals surface area (Å²) in [5.74, 6) is 0.320. The van der Waals surface area contributed by atoms with Crippen LogP contribution in [0, 0.1) is 5.92 Å². The first-order valence-electron chi connectivity index (χ1n) is 10.2. The molecule has 152 valence electrons. The number of benzene rings is 1. The van der Waals surface area contributed by atoms with Crippen molar-refractivity contribution in [3.05, 3.63) is 28.8 Å². The van der Waals surface area contributed by atoms with Crippen molar-refractivity contribution in [2.45, 2.75) is 78.7 Å². The highest BCUT2D eigenvalue weighted by Gasteiger charge is 2.29. The van der Waals surface area contributed by atoms with Crippen LogP contribution >= 0.6 is 0 Å². The predicted octanol–water partition coefficient (Wildman–Crippen LogP) is 4.76. The fraction of sp³-hybridized carbons (Fsp3) is 0.696. The molecule has 4 nitrogen and oxygen atoms in total. The number of phenolic OH excluding ortho intramolecular Hbond substituents is 1. The summed E-state index contributed by atoms with van der Waals surface area (Å²) < 4.78 is 5.22. The van der Waals surface area contributed by atoms with Gasteiger partial charge in [0.2, 0.25) is 0 Å². The van der Waals surface area contributed by atoms with E-state index in [1.54, 1.807) is 0 Å². The molecule has 1 aromatic rings. The highest BCUT2D eigenvalue weighted by molar-refractivity contribution is 5.72. The van der Waals surface area contributed by atoms with Crippen molar-refractivity contribution < 1.29 is 14.6 Å². The molecule has 0 aliphatic carbocycles. The molecule has 1 atom stereocenters. The van der Waals surface area contributed by atoms with E-state index in [9.17, 15) is 9.90 Å². The molecule has 0 amide bonds. The molecule has 2 rings (SSSR count). The van der Waals surface area contributed by atoms with Crippen LogP contribution < -0.4 is 0 Å². The number of carbonyl (C=O) groups is 1. The number of aromatic hydroxyl groups is 1. The molecule has 0 spiro atoms. The minimum atomic E-state index is -0.130. The first-order valence-corrected chi connectivity index (χ1v) is 10.2. The van der Waals surface area contributed by atoms with Gasteiger partial charge >= 0.3 is 5.97 Å². The first kappa shape index (κ1) is 21.7. The second kappa shape index (κ2) is 8.22. The summed E-state index contributed by atoms with van der Waals surface area (Å²) in [5.41, 5.74) is 2.92. The Hall–Kier alpha value is -1.55. The zero-order chi connectivity index (χ0) is 20.4. The predicted molar refractivity (Wildman–Crippen MR) is 110 cm³/mol. The van der Waals surface area contributed by atoms with Crippen LogP contribution in [0.1, 0.15) is 78.0 Å². The number of carbonyl (C=O) groups excluding carboxylic acids is 1. The standard InChI is InChI=1S/C23H37NO3/c1-8-27-21(26)17-10-9-11-24(15-17)14-16-12-18(22(2,3)4)20(25)19(13-16)23(5,6)7/h12-13,17,25H,8-11,14-15H2,1-7H3/t17-/m1/s1. The third-order valence-electron chi connectivity index (χ3n) is 5.32. The van der Waals surface area contributed by atoms with Crippen LogP contribution in [0.4, 0.5) is 0 Å². The number of piperidine rings is 1. The number of esters is 1. The Kier molecular flexibility index (Phi) is 6.62. The van der Waals surface area contributed by atoms with Gasteiger partial charge < -0.3 is 9.84 Å². The first-order chi connectivity index (χ1) is 12.4. The van der Waals surface area contributed by atoms with E-state index >= 15 is 0 Å². The molecule has 0 saturated carbocycles. The summed E-state index contributed by atoms with van der Waals surface area (Å²) in [4.78, 5) is 14.5. The van der Waals surface area contributed by atoms with Crippen LogP contribution in [0.2, 0.25) is 0 Å². The van der Waals surface area contributed by atoms with Crippen LogP contribution in [0.15, 0.2) is 12.1 Å². The molecular formula is C23H37NO3. The summed E-state index contributed by atoms with van der Waals surface area (Å²) in [6.07, 6.45) is 1.92. The van der Waals surface area contributed by atoms with Gasteiger partial charge in [-0.05, 0) is 53.8 Å². The summed E-state index contributed by atoms with van der Waals surface area (Å²) in [6.45, 7) is 17.6. The van der Waals surface area contributed by atoms with Gasteiger partial charge in [0, 0.05) is 13.1 Å². The van der Waals surface area contributed by atoms with Gasteiger partial charge in [0.05, 0.1) is 12.5 Å². The molecular weight excluding hydrogens is 338 g/mol. The molecule has 1 fully saturated rings. The lowest BCUT2D eigenvalue weighted by Crippen LogP contribution is -2.39. The topological polar surface area (TPSA) is 49.8 Å². The van der Waals surface area contributed by atoms with Crippen molar-refractivity contribution in [1.82, 2.24) is 4.90 Å². The second-order valence-corrected chi connectivity index (χ2v) is 9.87. The van der Waals surface area contributed by atoms with Crippen LogP contribution in [0.3, 0.4) is 0 Å². The maximum atomic E-state index is 12.1. The number of phenols is 1. The third kappa shape index (κ3) is 5.47. The monoisotopic (exact) mass is 375 g/mol. The van der Waals surface area contributed by atoms with Gasteiger partial charge in [0.1, 0.15) is 5.75 Å². The molecule has 0 radical (unpaired) electrons. The fourth-order valence-electron chi connectivity index (χ4n) is 3.84. The van der Waals surface area contributed by atoms with Gasteiger partial charge in [-0.25, -0.2) is 0 Å². The summed E-state index contributed by atoms with van der Waals surface area (Å²) in [7, 11) is 0. The Morgan fingerprint density at radius 2 is 1.70 bits per heavy atom. The molecule has 1 saturated heterocycles. The second-order valence-electron chi connectivity index (χ2n) is 9.87. The Bertz CT molecular complexity index is 632. The van der Waals surface area contributed by atoms with E-state index in [-0.39, 0.29) is 22.7 Å². The summed E-state index contributed by atoms with van der Waals surface area (Å²) in [6, 6.07) is 4.27. The number of likely N-dealkylation sites (tertiary alicyclic amines) is 1. The lowest BCUT2D eigenvalue weighted by atomic mass is 9.78. The van der Waals surface area contributed by atoms with Gasteiger partial charge in [-0.3, -0.25) is 9.69 Å². The Balaban J connectivity index is 2.29. The fourth-order valence-corrected chi connectivity index (χ4v) is 3.84. The lowest BCUT2D eigenvalue weighted by molar-refractivity contribution is -0.150. The van der Waals surface area contributed by atoms with E-state index in [2.05, 4.69) is 58.6 Å². The molecule has 1 heterocycles. The quantitative estimate of drug-likeness (QED) is 0.771. The maximum Gasteiger partial charge on any atom is 0.310 e. The molecule has 0 aromatic heterocycles. The average molecular weight is 376 g/mol. The van der Waals surface area contributed by atoms with E-state index in [0.29, 0.717) is 12.4 Å². The van der Waals surface area contributed by atoms with E-state index in [4.69, 9.17) is 4.74 Å².